The first-order chi connectivity index (χ1) is 12.6. The van der Waals surface area contributed by atoms with E-state index in [4.69, 9.17) is 4.74 Å². The van der Waals surface area contributed by atoms with Gasteiger partial charge in [0.15, 0.2) is 16.9 Å². The molecule has 2 aromatic rings. The van der Waals surface area contributed by atoms with Crippen molar-refractivity contribution in [2.24, 2.45) is 4.99 Å². The van der Waals surface area contributed by atoms with Crippen LogP contribution in [-0.4, -0.2) is 60.0 Å². The Balaban J connectivity index is 0.00000261. The summed E-state index contributed by atoms with van der Waals surface area (Å²) in [5, 5.41) is 14.4. The van der Waals surface area contributed by atoms with Gasteiger partial charge < -0.3 is 20.3 Å². The molecule has 3 rings (SSSR count). The number of nitrogens with zero attached hydrogens (tertiary/aromatic N) is 6. The third-order valence-corrected chi connectivity index (χ3v) is 5.16. The van der Waals surface area contributed by atoms with Gasteiger partial charge in [0, 0.05) is 46.1 Å². The Kier molecular flexibility index (Phi) is 8.23. The molecule has 0 saturated heterocycles. The normalized spacial score (nSPS) is 16.4. The van der Waals surface area contributed by atoms with Crippen molar-refractivity contribution in [1.82, 2.24) is 30.4 Å². The minimum absolute atomic E-state index is 0. The number of aryl methyl sites for hydroxylation is 1. The molecule has 1 aliphatic rings. The fourth-order valence-corrected chi connectivity index (χ4v) is 3.57. The zero-order valence-electron chi connectivity index (χ0n) is 16.1. The number of hydrogen-bond donors (Lipinski definition) is 2. The van der Waals surface area contributed by atoms with E-state index >= 15 is 0 Å². The highest BCUT2D eigenvalue weighted by Gasteiger charge is 2.22. The van der Waals surface area contributed by atoms with Gasteiger partial charge in [-0.3, -0.25) is 4.99 Å². The van der Waals surface area contributed by atoms with Gasteiger partial charge in [-0.25, -0.2) is 14.6 Å². The number of halogens is 1. The lowest BCUT2D eigenvalue weighted by Crippen LogP contribution is -2.46. The van der Waals surface area contributed by atoms with Gasteiger partial charge in [-0.15, -0.1) is 35.3 Å². The van der Waals surface area contributed by atoms with Crippen LogP contribution in [-0.2, 0) is 30.9 Å². The molecule has 1 atom stereocenters. The van der Waals surface area contributed by atoms with Crippen molar-refractivity contribution in [2.45, 2.75) is 38.6 Å². The Morgan fingerprint density at radius 1 is 1.44 bits per heavy atom. The molecule has 2 aromatic heterocycles. The highest BCUT2D eigenvalue weighted by atomic mass is 127. The van der Waals surface area contributed by atoms with Crippen LogP contribution in [0.3, 0.4) is 0 Å². The van der Waals surface area contributed by atoms with Gasteiger partial charge in [0.25, 0.3) is 0 Å². The smallest absolute Gasteiger partial charge is 0.191 e. The summed E-state index contributed by atoms with van der Waals surface area (Å²) < 4.78 is 7.08. The van der Waals surface area contributed by atoms with Crippen molar-refractivity contribution in [3.8, 4) is 0 Å². The molecule has 0 bridgehead atoms. The van der Waals surface area contributed by atoms with Gasteiger partial charge >= 0.3 is 0 Å². The number of aromatic nitrogens is 4. The monoisotopic (exact) mass is 506 g/mol. The maximum Gasteiger partial charge on any atom is 0.191 e. The maximum atomic E-state index is 5.11. The molecule has 27 heavy (non-hydrogen) atoms. The molecule has 0 saturated carbocycles. The van der Waals surface area contributed by atoms with Crippen molar-refractivity contribution < 1.29 is 4.74 Å². The number of methoxy groups -OCH3 is 1. The minimum atomic E-state index is 0. The van der Waals surface area contributed by atoms with Crippen molar-refractivity contribution in [3.05, 3.63) is 22.7 Å². The summed E-state index contributed by atoms with van der Waals surface area (Å²) in [6, 6.07) is 0.263. The van der Waals surface area contributed by atoms with E-state index in [1.165, 1.54) is 0 Å². The molecule has 0 amide bonds. The molecule has 150 valence electrons. The van der Waals surface area contributed by atoms with Crippen LogP contribution in [0.25, 0.3) is 0 Å². The van der Waals surface area contributed by atoms with E-state index in [1.807, 2.05) is 23.7 Å². The second-order valence-electron chi connectivity index (χ2n) is 6.38. The first kappa shape index (κ1) is 21.8. The Morgan fingerprint density at radius 3 is 2.93 bits per heavy atom. The third-order valence-electron chi connectivity index (χ3n) is 4.10. The van der Waals surface area contributed by atoms with E-state index in [9.17, 15) is 0 Å². The van der Waals surface area contributed by atoms with Crippen LogP contribution >= 0.6 is 35.3 Å². The molecule has 0 spiro atoms. The van der Waals surface area contributed by atoms with Crippen LogP contribution in [0.15, 0.2) is 10.4 Å². The number of guanidine groups is 1. The Morgan fingerprint density at radius 2 is 2.26 bits per heavy atom. The van der Waals surface area contributed by atoms with Gasteiger partial charge in [-0.1, -0.05) is 0 Å². The topological polar surface area (TPSA) is 92.5 Å². The molecule has 0 aromatic carbocycles. The third kappa shape index (κ3) is 5.75. The van der Waals surface area contributed by atoms with E-state index in [0.717, 1.165) is 47.8 Å². The van der Waals surface area contributed by atoms with Gasteiger partial charge in [-0.2, -0.15) is 5.10 Å². The highest BCUT2D eigenvalue weighted by molar-refractivity contribution is 14.0. The molecule has 11 heteroatoms. The van der Waals surface area contributed by atoms with Crippen molar-refractivity contribution in [1.29, 1.82) is 0 Å². The number of hydrogen-bond acceptors (Lipinski definition) is 7. The summed E-state index contributed by atoms with van der Waals surface area (Å²) in [5.41, 5.74) is 1.01. The lowest BCUT2D eigenvalue weighted by atomic mass is 10.1. The second-order valence-corrected chi connectivity index (χ2v) is 7.22. The summed E-state index contributed by atoms with van der Waals surface area (Å²) in [6.45, 7) is 1.86. The highest BCUT2D eigenvalue weighted by Crippen LogP contribution is 2.17. The van der Waals surface area contributed by atoms with Crippen LogP contribution in [0.2, 0.25) is 0 Å². The van der Waals surface area contributed by atoms with Gasteiger partial charge in [0.05, 0.1) is 18.8 Å². The van der Waals surface area contributed by atoms with Crippen molar-refractivity contribution in [3.63, 3.8) is 0 Å². The lowest BCUT2D eigenvalue weighted by molar-refractivity contribution is 0.177. The summed E-state index contributed by atoms with van der Waals surface area (Å²) in [5.74, 6) is 2.54. The van der Waals surface area contributed by atoms with Crippen LogP contribution in [0.5, 0.6) is 0 Å². The van der Waals surface area contributed by atoms with Crippen LogP contribution in [0.4, 0.5) is 5.13 Å². The molecule has 3 heterocycles. The van der Waals surface area contributed by atoms with Crippen LogP contribution in [0, 0.1) is 0 Å². The number of nitrogens with one attached hydrogen (secondary N) is 2. The van der Waals surface area contributed by atoms with Gasteiger partial charge in [0.1, 0.15) is 12.4 Å². The zero-order chi connectivity index (χ0) is 18.5. The largest absolute Gasteiger partial charge is 0.377 e. The summed E-state index contributed by atoms with van der Waals surface area (Å²) in [4.78, 5) is 15.4. The van der Waals surface area contributed by atoms with Gasteiger partial charge in [-0.05, 0) is 6.42 Å². The van der Waals surface area contributed by atoms with E-state index in [-0.39, 0.29) is 30.0 Å². The number of ether oxygens (including phenoxy) is 1. The lowest BCUT2D eigenvalue weighted by Gasteiger charge is -2.25. The fraction of sp³-hybridized carbons (Fsp3) is 0.625. The summed E-state index contributed by atoms with van der Waals surface area (Å²) in [6.07, 6.45) is 1.89. The molecular formula is C16H27IN8OS. The molecule has 0 radical (unpaired) electrons. The predicted molar refractivity (Wildman–Crippen MR) is 118 cm³/mol. The molecule has 0 fully saturated rings. The molecule has 2 N–H and O–H groups in total. The van der Waals surface area contributed by atoms with Crippen LogP contribution < -0.4 is 15.5 Å². The van der Waals surface area contributed by atoms with Crippen molar-refractivity contribution >= 4 is 46.4 Å². The summed E-state index contributed by atoms with van der Waals surface area (Å²) >= 11 is 1.64. The number of fused-ring (bicyclic) bond motifs is 1. The van der Waals surface area contributed by atoms with E-state index < -0.39 is 0 Å². The first-order valence-electron chi connectivity index (χ1n) is 8.59. The summed E-state index contributed by atoms with van der Waals surface area (Å²) in [7, 11) is 7.43. The predicted octanol–water partition coefficient (Wildman–Crippen LogP) is 1.24. The van der Waals surface area contributed by atoms with Gasteiger partial charge in [0.2, 0.25) is 0 Å². The SMILES string of the molecule is CN=C(NCc1csc(N(C)C)n1)NC1CCc2nc(COC)nn2C1.I. The number of aliphatic imine (C=N–C) groups is 1. The number of anilines is 1. The molecular weight excluding hydrogens is 479 g/mol. The zero-order valence-corrected chi connectivity index (χ0v) is 19.2. The average molecular weight is 506 g/mol. The Bertz CT molecular complexity index is 759. The number of rotatable bonds is 6. The Hall–Kier alpha value is -1.47. The molecule has 9 nitrogen and oxygen atoms in total. The maximum absolute atomic E-state index is 5.11. The Labute approximate surface area is 180 Å². The van der Waals surface area contributed by atoms with Crippen LogP contribution in [0.1, 0.15) is 23.8 Å². The quantitative estimate of drug-likeness (QED) is 0.346. The second kappa shape index (κ2) is 10.2. The van der Waals surface area contributed by atoms with E-state index in [1.54, 1.807) is 25.5 Å². The number of thiazole rings is 1. The fourth-order valence-electron chi connectivity index (χ4n) is 2.81. The molecule has 1 aliphatic heterocycles. The average Bonchev–Trinajstić information content (AvgIpc) is 3.25. The minimum Gasteiger partial charge on any atom is -0.377 e. The molecule has 0 aliphatic carbocycles. The van der Waals surface area contributed by atoms with Crippen molar-refractivity contribution in [2.75, 3.05) is 33.2 Å². The molecule has 1 unspecified atom stereocenters. The van der Waals surface area contributed by atoms with E-state index in [0.29, 0.717) is 13.2 Å². The van der Waals surface area contributed by atoms with E-state index in [2.05, 4.69) is 36.1 Å². The first-order valence-corrected chi connectivity index (χ1v) is 9.47. The standard InChI is InChI=1S/C16H26N8OS.HI/c1-17-15(18-7-12-10-26-16(20-12)23(2)3)19-11-5-6-14-21-13(9-25-4)22-24(14)8-11;/h10-11H,5-9H2,1-4H3,(H2,17,18,19);1H.